The van der Waals surface area contributed by atoms with Gasteiger partial charge >= 0.3 is 7.12 Å². The van der Waals surface area contributed by atoms with E-state index in [1.165, 1.54) is 0 Å². The van der Waals surface area contributed by atoms with E-state index < -0.39 is 13.0 Å². The van der Waals surface area contributed by atoms with Crippen LogP contribution in [-0.2, 0) is 11.3 Å². The lowest BCUT2D eigenvalue weighted by Gasteiger charge is -2.14. The van der Waals surface area contributed by atoms with Crippen LogP contribution in [0.2, 0.25) is 0 Å². The topological polar surface area (TPSA) is 144 Å². The number of aryl methyl sites for hydroxylation is 1. The lowest BCUT2D eigenvalue weighted by atomic mass is 9.80. The molecule has 0 aliphatic heterocycles. The highest BCUT2D eigenvalue weighted by molar-refractivity contribution is 6.58. The maximum atomic E-state index is 12.1. The molecule has 198 valence electrons. The molecule has 0 spiro atoms. The molecule has 3 heterocycles. The number of methoxy groups -OCH3 is 1. The van der Waals surface area contributed by atoms with Crippen molar-refractivity contribution < 1.29 is 24.3 Å². The van der Waals surface area contributed by atoms with E-state index in [0.29, 0.717) is 53.8 Å². The molecule has 39 heavy (non-hydrogen) atoms. The van der Waals surface area contributed by atoms with E-state index in [1.54, 1.807) is 41.8 Å². The molecule has 5 rings (SSSR count). The minimum atomic E-state index is -1.56. The fourth-order valence-electron chi connectivity index (χ4n) is 4.59. The van der Waals surface area contributed by atoms with Crippen LogP contribution in [0.4, 0.5) is 5.82 Å². The molecule has 1 amide bonds. The number of rotatable bonds is 10. The zero-order valence-electron chi connectivity index (χ0n) is 21.6. The monoisotopic (exact) mass is 525 g/mol. The summed E-state index contributed by atoms with van der Waals surface area (Å²) >= 11 is 0. The number of primary amides is 1. The Kier molecular flexibility index (Phi) is 7.46. The molecule has 0 aliphatic rings. The van der Waals surface area contributed by atoms with Gasteiger partial charge in [0.2, 0.25) is 0 Å². The molecule has 10 nitrogen and oxygen atoms in total. The van der Waals surface area contributed by atoms with Gasteiger partial charge in [0.25, 0.3) is 5.91 Å². The summed E-state index contributed by atoms with van der Waals surface area (Å²) in [6.07, 6.45) is 1.85. The standard InChI is InChI=1S/C28H28BN5O5/c1-17-16-34-21(9-5-10-22(34)26(30)35)24(17)28-32-25-20(8-4-11-23(25)39-13-12-38-2)27(33-28)31-15-18-6-3-7-19(14-18)29(36)37/h3-11,14,16,36-37H,12-13,15H2,1-2H3,(H2,30,35)(H,31,32,33). The van der Waals surface area contributed by atoms with Crippen molar-refractivity contribution in [2.75, 3.05) is 25.6 Å². The summed E-state index contributed by atoms with van der Waals surface area (Å²) in [5.74, 6) is 1.08. The zero-order chi connectivity index (χ0) is 27.5. The van der Waals surface area contributed by atoms with Crippen LogP contribution in [0.25, 0.3) is 27.8 Å². The fourth-order valence-corrected chi connectivity index (χ4v) is 4.59. The van der Waals surface area contributed by atoms with Gasteiger partial charge in [0.05, 0.1) is 12.1 Å². The van der Waals surface area contributed by atoms with E-state index in [9.17, 15) is 14.8 Å². The second-order valence-corrected chi connectivity index (χ2v) is 9.08. The number of anilines is 1. The predicted octanol–water partition coefficient (Wildman–Crippen LogP) is 2.27. The third kappa shape index (κ3) is 5.28. The summed E-state index contributed by atoms with van der Waals surface area (Å²) < 4.78 is 12.9. The van der Waals surface area contributed by atoms with E-state index >= 15 is 0 Å². The smallest absolute Gasteiger partial charge is 0.488 e. The highest BCUT2D eigenvalue weighted by atomic mass is 16.5. The molecule has 0 unspecified atom stereocenters. The lowest BCUT2D eigenvalue weighted by molar-refractivity contribution is 0.0994. The van der Waals surface area contributed by atoms with Crippen molar-refractivity contribution in [3.63, 3.8) is 0 Å². The first kappa shape index (κ1) is 26.2. The van der Waals surface area contributed by atoms with E-state index in [0.717, 1.165) is 27.6 Å². The molecule has 5 N–H and O–H groups in total. The van der Waals surface area contributed by atoms with Gasteiger partial charge in [-0.2, -0.15) is 0 Å². The first-order chi connectivity index (χ1) is 18.9. The molecule has 3 aromatic heterocycles. The summed E-state index contributed by atoms with van der Waals surface area (Å²) in [6, 6.07) is 18.0. The summed E-state index contributed by atoms with van der Waals surface area (Å²) in [7, 11) is 0.0560. The summed E-state index contributed by atoms with van der Waals surface area (Å²) in [5.41, 5.74) is 10.2. The molecule has 0 saturated heterocycles. The number of pyridine rings is 1. The Bertz CT molecular complexity index is 1670. The molecular formula is C28H28BN5O5. The van der Waals surface area contributed by atoms with Crippen molar-refractivity contribution in [2.24, 2.45) is 5.73 Å². The molecule has 2 aromatic carbocycles. The number of carbonyl (C=O) groups is 1. The van der Waals surface area contributed by atoms with Crippen molar-refractivity contribution in [3.05, 3.63) is 83.7 Å². The maximum absolute atomic E-state index is 12.1. The van der Waals surface area contributed by atoms with E-state index in [1.807, 2.05) is 43.5 Å². The molecular weight excluding hydrogens is 497 g/mol. The summed E-state index contributed by atoms with van der Waals surface area (Å²) in [6.45, 7) is 3.08. The predicted molar refractivity (Wildman–Crippen MR) is 150 cm³/mol. The van der Waals surface area contributed by atoms with Crippen LogP contribution in [0.15, 0.2) is 66.9 Å². The number of nitrogens with one attached hydrogen (secondary N) is 1. The molecule has 5 aromatic rings. The van der Waals surface area contributed by atoms with Gasteiger partial charge in [-0.3, -0.25) is 4.79 Å². The first-order valence-corrected chi connectivity index (χ1v) is 12.4. The van der Waals surface area contributed by atoms with Crippen molar-refractivity contribution in [1.82, 2.24) is 14.4 Å². The van der Waals surface area contributed by atoms with E-state index in [-0.39, 0.29) is 0 Å². The minimum absolute atomic E-state index is 0.351. The van der Waals surface area contributed by atoms with Gasteiger partial charge in [0, 0.05) is 30.8 Å². The molecule has 0 bridgehead atoms. The zero-order valence-corrected chi connectivity index (χ0v) is 21.6. The Balaban J connectivity index is 1.65. The van der Waals surface area contributed by atoms with Gasteiger partial charge < -0.3 is 35.0 Å². The molecule has 11 heteroatoms. The Hall–Kier alpha value is -4.45. The fraction of sp³-hybridized carbons (Fsp3) is 0.179. The third-order valence-corrected chi connectivity index (χ3v) is 6.42. The molecule has 0 fully saturated rings. The number of carbonyl (C=O) groups excluding carboxylic acids is 1. The average Bonchev–Trinajstić information content (AvgIpc) is 3.27. The normalized spacial score (nSPS) is 11.2. The second-order valence-electron chi connectivity index (χ2n) is 9.08. The number of hydrogen-bond donors (Lipinski definition) is 4. The van der Waals surface area contributed by atoms with E-state index in [4.69, 9.17) is 25.2 Å². The highest BCUT2D eigenvalue weighted by Gasteiger charge is 2.20. The number of ether oxygens (including phenoxy) is 2. The van der Waals surface area contributed by atoms with Gasteiger partial charge in [0.15, 0.2) is 5.82 Å². The minimum Gasteiger partial charge on any atom is -0.489 e. The van der Waals surface area contributed by atoms with Gasteiger partial charge in [-0.25, -0.2) is 9.97 Å². The number of fused-ring (bicyclic) bond motifs is 2. The number of benzene rings is 2. The van der Waals surface area contributed by atoms with Crippen LogP contribution in [-0.4, -0.2) is 57.8 Å². The number of aromatic nitrogens is 3. The number of hydrogen-bond acceptors (Lipinski definition) is 8. The first-order valence-electron chi connectivity index (χ1n) is 12.4. The second kappa shape index (κ2) is 11.1. The van der Waals surface area contributed by atoms with Crippen LogP contribution in [0, 0.1) is 6.92 Å². The maximum Gasteiger partial charge on any atom is 0.488 e. The number of nitrogens with zero attached hydrogens (tertiary/aromatic N) is 3. The van der Waals surface area contributed by atoms with Gasteiger partial charge in [-0.05, 0) is 47.8 Å². The van der Waals surface area contributed by atoms with E-state index in [2.05, 4.69) is 5.32 Å². The molecule has 0 saturated carbocycles. The molecule has 0 radical (unpaired) electrons. The van der Waals surface area contributed by atoms with Gasteiger partial charge in [-0.1, -0.05) is 36.4 Å². The van der Waals surface area contributed by atoms with Gasteiger partial charge in [0.1, 0.15) is 29.4 Å². The van der Waals surface area contributed by atoms with Crippen LogP contribution < -0.4 is 21.3 Å². The Morgan fingerprint density at radius 1 is 1.08 bits per heavy atom. The average molecular weight is 525 g/mol. The van der Waals surface area contributed by atoms with Crippen LogP contribution in [0.3, 0.4) is 0 Å². The van der Waals surface area contributed by atoms with Gasteiger partial charge in [-0.15, -0.1) is 0 Å². The van der Waals surface area contributed by atoms with Crippen LogP contribution in [0.5, 0.6) is 5.75 Å². The Morgan fingerprint density at radius 3 is 2.64 bits per heavy atom. The Labute approximate surface area is 225 Å². The molecule has 0 atom stereocenters. The van der Waals surface area contributed by atoms with Crippen molar-refractivity contribution in [3.8, 4) is 17.1 Å². The highest BCUT2D eigenvalue weighted by Crippen LogP contribution is 2.34. The summed E-state index contributed by atoms with van der Waals surface area (Å²) in [4.78, 5) is 21.9. The number of nitrogens with two attached hydrogens (primary N) is 1. The van der Waals surface area contributed by atoms with Crippen molar-refractivity contribution in [2.45, 2.75) is 13.5 Å². The molecule has 0 aliphatic carbocycles. The van der Waals surface area contributed by atoms with Crippen LogP contribution in [0.1, 0.15) is 21.6 Å². The third-order valence-electron chi connectivity index (χ3n) is 6.42. The quantitative estimate of drug-likeness (QED) is 0.161. The van der Waals surface area contributed by atoms with Crippen LogP contribution >= 0.6 is 0 Å². The summed E-state index contributed by atoms with van der Waals surface area (Å²) in [5, 5.41) is 23.3. The Morgan fingerprint density at radius 2 is 1.87 bits per heavy atom. The lowest BCUT2D eigenvalue weighted by Crippen LogP contribution is -2.30. The largest absolute Gasteiger partial charge is 0.489 e. The SMILES string of the molecule is COCCOc1cccc2c(NCc3cccc(B(O)O)c3)nc(-c3c(C)cn4c(C(N)=O)cccc34)nc12. The van der Waals surface area contributed by atoms with Crippen molar-refractivity contribution >= 4 is 40.7 Å². The number of amides is 1. The number of para-hydroxylation sites is 1. The van der Waals surface area contributed by atoms with Crippen molar-refractivity contribution in [1.29, 1.82) is 0 Å².